The van der Waals surface area contributed by atoms with E-state index in [4.69, 9.17) is 11.6 Å². The highest BCUT2D eigenvalue weighted by molar-refractivity contribution is 7.90. The van der Waals surface area contributed by atoms with Gasteiger partial charge in [-0.3, -0.25) is 0 Å². The van der Waals surface area contributed by atoms with Crippen LogP contribution in [0.1, 0.15) is 25.7 Å². The molecule has 7 heteroatoms. The number of sulfone groups is 1. The molecule has 1 atom stereocenters. The predicted molar refractivity (Wildman–Crippen MR) is 95.4 cm³/mol. The molecule has 0 spiro atoms. The van der Waals surface area contributed by atoms with Crippen LogP contribution in [0.25, 0.3) is 0 Å². The summed E-state index contributed by atoms with van der Waals surface area (Å²) in [5, 5.41) is 12.6. The molecular weight excluding hydrogens is 336 g/mol. The number of hydrogen-bond acceptors (Lipinski definition) is 5. The largest absolute Gasteiger partial charge is 0.390 e. The molecule has 1 aliphatic rings. The Morgan fingerprint density at radius 3 is 2.48 bits per heavy atom. The van der Waals surface area contributed by atoms with Crippen LogP contribution in [-0.4, -0.2) is 51.4 Å². The van der Waals surface area contributed by atoms with Crippen molar-refractivity contribution in [1.82, 2.24) is 0 Å². The first-order valence-electron chi connectivity index (χ1n) is 7.99. The average Bonchev–Trinajstić information content (AvgIpc) is 2.80. The Balaban J connectivity index is 2.28. The lowest BCUT2D eigenvalue weighted by molar-refractivity contribution is 0.211. The summed E-state index contributed by atoms with van der Waals surface area (Å²) in [6, 6.07) is 5.37. The Hall–Kier alpha value is -0.980. The molecule has 23 heavy (non-hydrogen) atoms. The molecule has 0 saturated carbocycles. The van der Waals surface area contributed by atoms with E-state index in [1.165, 1.54) is 19.1 Å². The number of benzene rings is 1. The number of halogens is 1. The maximum Gasteiger partial charge on any atom is 0.177 e. The SMILES string of the molecule is CS(=O)(=O)c1ccc(N2CCCCCC2)cc1NCC(O)CCl. The Bertz CT molecular complexity index is 614. The van der Waals surface area contributed by atoms with Crippen LogP contribution in [0.3, 0.4) is 0 Å². The van der Waals surface area contributed by atoms with Crippen LogP contribution in [0.15, 0.2) is 23.1 Å². The number of aliphatic hydroxyl groups excluding tert-OH is 1. The predicted octanol–water partition coefficient (Wildman–Crippen LogP) is 2.48. The van der Waals surface area contributed by atoms with Crippen molar-refractivity contribution in [3.8, 4) is 0 Å². The molecule has 1 fully saturated rings. The van der Waals surface area contributed by atoms with Crippen molar-refractivity contribution in [2.75, 3.05) is 42.0 Å². The minimum absolute atomic E-state index is 0.104. The van der Waals surface area contributed by atoms with Crippen molar-refractivity contribution in [2.24, 2.45) is 0 Å². The third-order valence-corrected chi connectivity index (χ3v) is 5.55. The van der Waals surface area contributed by atoms with Gasteiger partial charge in [-0.25, -0.2) is 8.42 Å². The molecule has 1 unspecified atom stereocenters. The molecule has 0 bridgehead atoms. The zero-order chi connectivity index (χ0) is 16.9. The first-order valence-corrected chi connectivity index (χ1v) is 10.4. The average molecular weight is 361 g/mol. The minimum Gasteiger partial charge on any atom is -0.390 e. The Labute approximate surface area is 143 Å². The molecule has 1 aromatic carbocycles. The second-order valence-electron chi connectivity index (χ2n) is 6.04. The standard InChI is InChI=1S/C16H25ClN2O3S/c1-23(21,22)16-7-6-13(19-8-4-2-3-5-9-19)10-15(16)18-12-14(20)11-17/h6-7,10,14,18,20H,2-5,8-9,11-12H2,1H3. The van der Waals surface area contributed by atoms with Gasteiger partial charge in [0, 0.05) is 31.6 Å². The number of aliphatic hydroxyl groups is 1. The van der Waals surface area contributed by atoms with Crippen LogP contribution in [0, 0.1) is 0 Å². The molecule has 130 valence electrons. The Kier molecular flexibility index (Phi) is 6.56. The highest BCUT2D eigenvalue weighted by Crippen LogP contribution is 2.28. The fourth-order valence-corrected chi connectivity index (χ4v) is 3.74. The third-order valence-electron chi connectivity index (χ3n) is 4.04. The number of nitrogens with zero attached hydrogens (tertiary/aromatic N) is 1. The molecule has 2 N–H and O–H groups in total. The summed E-state index contributed by atoms with van der Waals surface area (Å²) < 4.78 is 23.9. The van der Waals surface area contributed by atoms with Gasteiger partial charge < -0.3 is 15.3 Å². The number of nitrogens with one attached hydrogen (secondary N) is 1. The van der Waals surface area contributed by atoms with Gasteiger partial charge in [-0.15, -0.1) is 11.6 Å². The van der Waals surface area contributed by atoms with Gasteiger partial charge in [0.25, 0.3) is 0 Å². The van der Waals surface area contributed by atoms with Crippen molar-refractivity contribution < 1.29 is 13.5 Å². The summed E-state index contributed by atoms with van der Waals surface area (Å²) in [6.07, 6.45) is 5.27. The summed E-state index contributed by atoms with van der Waals surface area (Å²) in [6.45, 7) is 2.19. The Morgan fingerprint density at radius 1 is 1.26 bits per heavy atom. The van der Waals surface area contributed by atoms with E-state index in [1.807, 2.05) is 12.1 Å². The van der Waals surface area contributed by atoms with E-state index in [9.17, 15) is 13.5 Å². The van der Waals surface area contributed by atoms with E-state index in [0.717, 1.165) is 31.6 Å². The van der Waals surface area contributed by atoms with Gasteiger partial charge in [0.2, 0.25) is 0 Å². The summed E-state index contributed by atoms with van der Waals surface area (Å²) in [5.41, 5.74) is 1.54. The van der Waals surface area contributed by atoms with Crippen LogP contribution >= 0.6 is 11.6 Å². The van der Waals surface area contributed by atoms with E-state index in [2.05, 4.69) is 10.2 Å². The van der Waals surface area contributed by atoms with Gasteiger partial charge in [0.1, 0.15) is 0 Å². The fraction of sp³-hybridized carbons (Fsp3) is 0.625. The lowest BCUT2D eigenvalue weighted by Crippen LogP contribution is -2.25. The first-order chi connectivity index (χ1) is 10.9. The maximum atomic E-state index is 12.0. The van der Waals surface area contributed by atoms with Crippen LogP contribution < -0.4 is 10.2 Å². The van der Waals surface area contributed by atoms with Gasteiger partial charge >= 0.3 is 0 Å². The van der Waals surface area contributed by atoms with Crippen LogP contribution in [0.4, 0.5) is 11.4 Å². The minimum atomic E-state index is -3.34. The smallest absolute Gasteiger partial charge is 0.177 e. The molecule has 1 saturated heterocycles. The molecule has 0 amide bonds. The van der Waals surface area contributed by atoms with E-state index in [-0.39, 0.29) is 17.3 Å². The van der Waals surface area contributed by atoms with Crippen molar-refractivity contribution in [2.45, 2.75) is 36.7 Å². The quantitative estimate of drug-likeness (QED) is 0.763. The van der Waals surface area contributed by atoms with E-state index in [0.29, 0.717) is 5.69 Å². The Morgan fingerprint density at radius 2 is 1.91 bits per heavy atom. The lowest BCUT2D eigenvalue weighted by atomic mass is 10.2. The van der Waals surface area contributed by atoms with E-state index in [1.54, 1.807) is 6.07 Å². The molecular formula is C16H25ClN2O3S. The van der Waals surface area contributed by atoms with Crippen molar-refractivity contribution in [3.63, 3.8) is 0 Å². The van der Waals surface area contributed by atoms with Crippen LogP contribution in [-0.2, 0) is 9.84 Å². The highest BCUT2D eigenvalue weighted by Gasteiger charge is 2.17. The van der Waals surface area contributed by atoms with E-state index < -0.39 is 15.9 Å². The third kappa shape index (κ3) is 5.26. The molecule has 0 aliphatic carbocycles. The highest BCUT2D eigenvalue weighted by atomic mass is 35.5. The molecule has 0 aromatic heterocycles. The number of hydrogen-bond donors (Lipinski definition) is 2. The van der Waals surface area contributed by atoms with Crippen molar-refractivity contribution in [3.05, 3.63) is 18.2 Å². The zero-order valence-corrected chi connectivity index (χ0v) is 15.0. The number of anilines is 2. The molecule has 1 aliphatic heterocycles. The summed E-state index contributed by atoms with van der Waals surface area (Å²) in [4.78, 5) is 2.54. The molecule has 1 aromatic rings. The van der Waals surface area contributed by atoms with Crippen molar-refractivity contribution >= 4 is 32.8 Å². The van der Waals surface area contributed by atoms with Gasteiger partial charge in [-0.05, 0) is 31.0 Å². The van der Waals surface area contributed by atoms with Gasteiger partial charge in [-0.2, -0.15) is 0 Å². The zero-order valence-electron chi connectivity index (χ0n) is 13.5. The summed E-state index contributed by atoms with van der Waals surface area (Å²) in [7, 11) is -3.34. The molecule has 1 heterocycles. The molecule has 2 rings (SSSR count). The normalized spacial score (nSPS) is 17.6. The molecule has 0 radical (unpaired) electrons. The topological polar surface area (TPSA) is 69.6 Å². The monoisotopic (exact) mass is 360 g/mol. The van der Waals surface area contributed by atoms with Gasteiger partial charge in [0.15, 0.2) is 9.84 Å². The second-order valence-corrected chi connectivity index (χ2v) is 8.34. The molecule has 5 nitrogen and oxygen atoms in total. The van der Waals surface area contributed by atoms with Gasteiger partial charge in [-0.1, -0.05) is 12.8 Å². The first kappa shape index (κ1) is 18.4. The van der Waals surface area contributed by atoms with E-state index >= 15 is 0 Å². The lowest BCUT2D eigenvalue weighted by Gasteiger charge is -2.24. The maximum absolute atomic E-state index is 12.0. The number of rotatable bonds is 6. The van der Waals surface area contributed by atoms with Gasteiger partial charge in [0.05, 0.1) is 22.6 Å². The summed E-state index contributed by atoms with van der Waals surface area (Å²) in [5.74, 6) is 0.104. The van der Waals surface area contributed by atoms with Crippen molar-refractivity contribution in [1.29, 1.82) is 0 Å². The number of alkyl halides is 1. The fourth-order valence-electron chi connectivity index (χ4n) is 2.79. The van der Waals surface area contributed by atoms with Crippen LogP contribution in [0.2, 0.25) is 0 Å². The van der Waals surface area contributed by atoms with Crippen LogP contribution in [0.5, 0.6) is 0 Å². The summed E-state index contributed by atoms with van der Waals surface area (Å²) >= 11 is 5.60. The second kappa shape index (κ2) is 8.22.